The lowest BCUT2D eigenvalue weighted by atomic mass is 10.1. The molecule has 1 N–H and O–H groups in total. The molecule has 0 aliphatic carbocycles. The van der Waals surface area contributed by atoms with Gasteiger partial charge in [0, 0.05) is 21.1 Å². The number of hydrogen-bond acceptors (Lipinski definition) is 3. The van der Waals surface area contributed by atoms with Gasteiger partial charge in [0.1, 0.15) is 4.75 Å². The van der Waals surface area contributed by atoms with Crippen LogP contribution in [0.1, 0.15) is 44.2 Å². The van der Waals surface area contributed by atoms with Gasteiger partial charge in [-0.2, -0.15) is 0 Å². The molecule has 1 aromatic carbocycles. The highest BCUT2D eigenvalue weighted by atomic mass is 32.2. The zero-order chi connectivity index (χ0) is 15.6. The van der Waals surface area contributed by atoms with Gasteiger partial charge >= 0.3 is 0 Å². The lowest BCUT2D eigenvalue weighted by Gasteiger charge is -2.26. The molecule has 0 radical (unpaired) electrons. The Bertz CT molecular complexity index is 601. The number of hydrogen-bond donors (Lipinski definition) is 1. The third-order valence-corrected chi connectivity index (χ3v) is 6.29. The van der Waals surface area contributed by atoms with Gasteiger partial charge in [-0.1, -0.05) is 24.3 Å². The van der Waals surface area contributed by atoms with E-state index in [2.05, 4.69) is 55.0 Å². The minimum atomic E-state index is -1.05. The van der Waals surface area contributed by atoms with E-state index in [4.69, 9.17) is 0 Å². The Morgan fingerprint density at radius 2 is 1.81 bits per heavy atom. The zero-order valence-corrected chi connectivity index (χ0v) is 14.9. The minimum Gasteiger partial charge on any atom is -0.598 e. The van der Waals surface area contributed by atoms with Gasteiger partial charge < -0.3 is 4.55 Å². The molecule has 0 saturated heterocycles. The molecule has 114 valence electrons. The van der Waals surface area contributed by atoms with Crippen LogP contribution in [0.5, 0.6) is 0 Å². The molecule has 1 unspecified atom stereocenters. The number of benzene rings is 1. The number of thiophene rings is 1. The van der Waals surface area contributed by atoms with Crippen LogP contribution in [0.25, 0.3) is 10.4 Å². The molecule has 0 bridgehead atoms. The standard InChI is InChI=1S/C17H23NOS2/c1-12-8-6-7-9-14(12)16-11-10-15(20-16)13(2)18-21(19)17(3,4)5/h6-11,13,18H,1-5H3/t13-,21?/m1/s1. The smallest absolute Gasteiger partial charge is 0.136 e. The number of nitrogens with one attached hydrogen (secondary N) is 1. The molecule has 2 atom stereocenters. The normalized spacial score (nSPS) is 15.0. The zero-order valence-electron chi connectivity index (χ0n) is 13.3. The molecule has 21 heavy (non-hydrogen) atoms. The fraction of sp³-hybridized carbons (Fsp3) is 0.412. The maximum Gasteiger partial charge on any atom is 0.136 e. The van der Waals surface area contributed by atoms with E-state index in [0.29, 0.717) is 0 Å². The minimum absolute atomic E-state index is 0.0906. The van der Waals surface area contributed by atoms with Crippen molar-refractivity contribution in [3.8, 4) is 10.4 Å². The molecule has 2 rings (SSSR count). The van der Waals surface area contributed by atoms with Crippen molar-refractivity contribution in [2.45, 2.75) is 45.4 Å². The predicted octanol–water partition coefficient (Wildman–Crippen LogP) is 4.84. The summed E-state index contributed by atoms with van der Waals surface area (Å²) < 4.78 is 15.1. The van der Waals surface area contributed by atoms with Gasteiger partial charge in [-0.25, -0.2) is 0 Å². The third kappa shape index (κ3) is 4.10. The highest BCUT2D eigenvalue weighted by molar-refractivity contribution is 7.90. The molecular formula is C17H23NOS2. The molecule has 0 aliphatic heterocycles. The van der Waals surface area contributed by atoms with Crippen LogP contribution in [-0.2, 0) is 11.4 Å². The summed E-state index contributed by atoms with van der Waals surface area (Å²) in [5, 5.41) is 0. The SMILES string of the molecule is Cc1ccccc1-c1ccc([C@@H](C)N[S+]([O-])C(C)(C)C)s1. The van der Waals surface area contributed by atoms with Crippen LogP contribution in [-0.4, -0.2) is 9.30 Å². The second-order valence-electron chi connectivity index (χ2n) is 6.24. The summed E-state index contributed by atoms with van der Waals surface area (Å²) in [5.41, 5.74) is 2.56. The Balaban J connectivity index is 2.15. The van der Waals surface area contributed by atoms with E-state index < -0.39 is 11.4 Å². The molecule has 0 saturated carbocycles. The molecule has 0 aliphatic rings. The van der Waals surface area contributed by atoms with E-state index in [-0.39, 0.29) is 10.8 Å². The summed E-state index contributed by atoms with van der Waals surface area (Å²) in [6, 6.07) is 12.8. The van der Waals surface area contributed by atoms with Crippen molar-refractivity contribution >= 4 is 22.7 Å². The first kappa shape index (κ1) is 16.6. The molecular weight excluding hydrogens is 298 g/mol. The first-order valence-electron chi connectivity index (χ1n) is 7.13. The molecule has 0 amide bonds. The molecule has 1 heterocycles. The fourth-order valence-electron chi connectivity index (χ4n) is 1.98. The van der Waals surface area contributed by atoms with Crippen molar-refractivity contribution in [2.24, 2.45) is 0 Å². The Morgan fingerprint density at radius 3 is 2.43 bits per heavy atom. The van der Waals surface area contributed by atoms with Gasteiger partial charge in [0.25, 0.3) is 0 Å². The van der Waals surface area contributed by atoms with Gasteiger partial charge in [-0.05, 0) is 57.9 Å². The average Bonchev–Trinajstić information content (AvgIpc) is 2.87. The molecule has 0 fully saturated rings. The van der Waals surface area contributed by atoms with Crippen LogP contribution >= 0.6 is 11.3 Å². The Morgan fingerprint density at radius 1 is 1.14 bits per heavy atom. The second kappa shape index (κ2) is 6.53. The second-order valence-corrected chi connectivity index (χ2v) is 9.35. The van der Waals surface area contributed by atoms with Crippen molar-refractivity contribution < 1.29 is 4.55 Å². The molecule has 0 spiro atoms. The lowest BCUT2D eigenvalue weighted by molar-refractivity contribution is 0.532. The van der Waals surface area contributed by atoms with E-state index in [1.807, 2.05) is 20.8 Å². The van der Waals surface area contributed by atoms with Gasteiger partial charge in [0.15, 0.2) is 0 Å². The van der Waals surface area contributed by atoms with Crippen molar-refractivity contribution in [2.75, 3.05) is 0 Å². The van der Waals surface area contributed by atoms with Crippen molar-refractivity contribution in [3.05, 3.63) is 46.8 Å². The molecule has 2 nitrogen and oxygen atoms in total. The van der Waals surface area contributed by atoms with E-state index >= 15 is 0 Å². The predicted molar refractivity (Wildman–Crippen MR) is 93.9 cm³/mol. The quantitative estimate of drug-likeness (QED) is 0.818. The van der Waals surface area contributed by atoms with Crippen LogP contribution in [0.2, 0.25) is 0 Å². The van der Waals surface area contributed by atoms with Crippen molar-refractivity contribution in [1.29, 1.82) is 0 Å². The highest BCUT2D eigenvalue weighted by Crippen LogP contribution is 2.33. The van der Waals surface area contributed by atoms with E-state index in [9.17, 15) is 4.55 Å². The van der Waals surface area contributed by atoms with E-state index in [1.54, 1.807) is 11.3 Å². The topological polar surface area (TPSA) is 35.1 Å². The van der Waals surface area contributed by atoms with Crippen LogP contribution in [0.3, 0.4) is 0 Å². The summed E-state index contributed by atoms with van der Waals surface area (Å²) in [4.78, 5) is 2.48. The maximum absolute atomic E-state index is 12.2. The number of rotatable bonds is 4. The highest BCUT2D eigenvalue weighted by Gasteiger charge is 2.28. The van der Waals surface area contributed by atoms with Crippen molar-refractivity contribution in [1.82, 2.24) is 4.72 Å². The molecule has 2 aromatic rings. The summed E-state index contributed by atoms with van der Waals surface area (Å²) in [7, 11) is 0. The lowest BCUT2D eigenvalue weighted by Crippen LogP contribution is -2.40. The molecule has 4 heteroatoms. The number of aryl methyl sites for hydroxylation is 1. The van der Waals surface area contributed by atoms with Crippen molar-refractivity contribution in [3.63, 3.8) is 0 Å². The Kier molecular flexibility index (Phi) is 5.15. The van der Waals surface area contributed by atoms with Gasteiger partial charge in [0.05, 0.1) is 6.04 Å². The maximum atomic E-state index is 12.2. The first-order chi connectivity index (χ1) is 9.79. The average molecular weight is 322 g/mol. The van der Waals surface area contributed by atoms with E-state index in [0.717, 1.165) is 0 Å². The monoisotopic (exact) mass is 321 g/mol. The summed E-state index contributed by atoms with van der Waals surface area (Å²) in [6.45, 7) is 10.1. The van der Waals surface area contributed by atoms with Crippen LogP contribution in [0.15, 0.2) is 36.4 Å². The fourth-order valence-corrected chi connectivity index (χ4v) is 3.95. The van der Waals surface area contributed by atoms with Crippen LogP contribution in [0, 0.1) is 6.92 Å². The first-order valence-corrected chi connectivity index (χ1v) is 9.09. The Labute approximate surface area is 134 Å². The van der Waals surface area contributed by atoms with E-state index in [1.165, 1.54) is 20.9 Å². The van der Waals surface area contributed by atoms with Crippen LogP contribution in [0.4, 0.5) is 0 Å². The summed E-state index contributed by atoms with van der Waals surface area (Å²) in [6.07, 6.45) is 0. The van der Waals surface area contributed by atoms with Crippen LogP contribution < -0.4 is 4.72 Å². The summed E-state index contributed by atoms with van der Waals surface area (Å²) in [5.74, 6) is 0. The molecule has 1 aromatic heterocycles. The third-order valence-electron chi connectivity index (χ3n) is 3.30. The van der Waals surface area contributed by atoms with Gasteiger partial charge in [0.2, 0.25) is 0 Å². The van der Waals surface area contributed by atoms with Gasteiger partial charge in [-0.3, -0.25) is 0 Å². The summed E-state index contributed by atoms with van der Waals surface area (Å²) >= 11 is 0.713. The largest absolute Gasteiger partial charge is 0.598 e. The van der Waals surface area contributed by atoms with Gasteiger partial charge in [-0.15, -0.1) is 16.1 Å². The Hall–Kier alpha value is -0.810.